The van der Waals surface area contributed by atoms with E-state index < -0.39 is 10.5 Å². The fourth-order valence-electron chi connectivity index (χ4n) is 2.08. The first-order valence-corrected chi connectivity index (χ1v) is 7.88. The Bertz CT molecular complexity index is 594. The van der Waals surface area contributed by atoms with Gasteiger partial charge in [-0.3, -0.25) is 10.1 Å². The van der Waals surface area contributed by atoms with Gasteiger partial charge in [0.25, 0.3) is 5.69 Å². The molecule has 0 aliphatic heterocycles. The second-order valence-corrected chi connectivity index (χ2v) is 7.33. The van der Waals surface area contributed by atoms with Gasteiger partial charge in [0.15, 0.2) is 0 Å². The number of hydrogen-bond donors (Lipinski definition) is 0. The first-order valence-electron chi connectivity index (χ1n) is 7.09. The van der Waals surface area contributed by atoms with Crippen LogP contribution in [0.3, 0.4) is 0 Å². The van der Waals surface area contributed by atoms with E-state index in [9.17, 15) is 14.9 Å². The maximum Gasteiger partial charge on any atom is 0.410 e. The fourth-order valence-corrected chi connectivity index (χ4v) is 2.60. The number of rotatable bonds is 4. The minimum absolute atomic E-state index is 0.00399. The first-order chi connectivity index (χ1) is 10.2. The highest BCUT2D eigenvalue weighted by molar-refractivity contribution is 9.10. The Balaban J connectivity index is 2.18. The third-order valence-electron chi connectivity index (χ3n) is 3.12. The van der Waals surface area contributed by atoms with Crippen molar-refractivity contribution in [2.75, 3.05) is 0 Å². The number of nitrogens with zero attached hydrogens (tertiary/aromatic N) is 2. The molecule has 0 heterocycles. The minimum atomic E-state index is -0.562. The van der Waals surface area contributed by atoms with Crippen LogP contribution >= 0.6 is 15.9 Å². The van der Waals surface area contributed by atoms with Crippen LogP contribution < -0.4 is 0 Å². The zero-order valence-corrected chi connectivity index (χ0v) is 14.4. The van der Waals surface area contributed by atoms with Gasteiger partial charge in [-0.25, -0.2) is 4.79 Å². The van der Waals surface area contributed by atoms with Crippen molar-refractivity contribution >= 4 is 27.7 Å². The number of ether oxygens (including phenoxy) is 1. The average molecular weight is 371 g/mol. The summed E-state index contributed by atoms with van der Waals surface area (Å²) >= 11 is 3.27. The number of carbonyl (C=O) groups is 1. The smallest absolute Gasteiger partial charge is 0.410 e. The predicted molar refractivity (Wildman–Crippen MR) is 85.6 cm³/mol. The van der Waals surface area contributed by atoms with E-state index in [-0.39, 0.29) is 17.8 Å². The van der Waals surface area contributed by atoms with Crippen molar-refractivity contribution in [2.45, 2.75) is 51.8 Å². The maximum absolute atomic E-state index is 12.3. The molecule has 120 valence electrons. The summed E-state index contributed by atoms with van der Waals surface area (Å²) in [6.07, 6.45) is 1.50. The summed E-state index contributed by atoms with van der Waals surface area (Å²) in [5, 5.41) is 10.9. The summed E-state index contributed by atoms with van der Waals surface area (Å²) in [5.41, 5.74) is 0.149. The Kier molecular flexibility index (Phi) is 4.75. The molecule has 1 aromatic rings. The summed E-state index contributed by atoms with van der Waals surface area (Å²) in [6.45, 7) is 5.76. The van der Waals surface area contributed by atoms with E-state index in [1.165, 1.54) is 12.1 Å². The van der Waals surface area contributed by atoms with Crippen molar-refractivity contribution in [1.29, 1.82) is 0 Å². The minimum Gasteiger partial charge on any atom is -0.444 e. The van der Waals surface area contributed by atoms with Crippen molar-refractivity contribution in [1.82, 2.24) is 4.90 Å². The summed E-state index contributed by atoms with van der Waals surface area (Å²) in [6, 6.07) is 4.88. The van der Waals surface area contributed by atoms with Gasteiger partial charge in [-0.15, -0.1) is 0 Å². The van der Waals surface area contributed by atoms with Crippen LogP contribution in [-0.4, -0.2) is 27.6 Å². The van der Waals surface area contributed by atoms with Gasteiger partial charge in [-0.2, -0.15) is 0 Å². The monoisotopic (exact) mass is 370 g/mol. The summed E-state index contributed by atoms with van der Waals surface area (Å²) in [7, 11) is 0. The molecular formula is C15H19BrN2O4. The molecule has 1 amide bonds. The lowest BCUT2D eigenvalue weighted by Gasteiger charge is -2.27. The lowest BCUT2D eigenvalue weighted by atomic mass is 10.2. The molecule has 2 rings (SSSR count). The van der Waals surface area contributed by atoms with E-state index in [1.807, 2.05) is 20.8 Å². The molecule has 0 N–H and O–H groups in total. The lowest BCUT2D eigenvalue weighted by Crippen LogP contribution is -2.37. The summed E-state index contributed by atoms with van der Waals surface area (Å²) in [5.74, 6) is 0. The highest BCUT2D eigenvalue weighted by atomic mass is 79.9. The summed E-state index contributed by atoms with van der Waals surface area (Å²) < 4.78 is 6.04. The van der Waals surface area contributed by atoms with Crippen LogP contribution in [0.1, 0.15) is 39.2 Å². The number of nitro groups is 1. The zero-order chi connectivity index (χ0) is 16.5. The molecule has 1 aromatic carbocycles. The van der Waals surface area contributed by atoms with Gasteiger partial charge in [0.2, 0.25) is 0 Å². The molecule has 1 saturated carbocycles. The van der Waals surface area contributed by atoms with Crippen LogP contribution in [0.4, 0.5) is 10.5 Å². The van der Waals surface area contributed by atoms with Gasteiger partial charge >= 0.3 is 6.09 Å². The number of non-ortho nitro benzene ring substituents is 1. The van der Waals surface area contributed by atoms with Crippen LogP contribution in [0.25, 0.3) is 0 Å². The van der Waals surface area contributed by atoms with Gasteiger partial charge < -0.3 is 9.64 Å². The number of hydrogen-bond acceptors (Lipinski definition) is 4. The third-order valence-corrected chi connectivity index (χ3v) is 3.58. The SMILES string of the molecule is CC(C)(C)OC(=O)N(Cc1cc(Br)cc([N+](=O)[O-])c1)C1CC1. The molecule has 0 unspecified atom stereocenters. The molecule has 0 atom stereocenters. The van der Waals surface area contributed by atoms with Crippen LogP contribution in [-0.2, 0) is 11.3 Å². The maximum atomic E-state index is 12.3. The Morgan fingerprint density at radius 3 is 2.55 bits per heavy atom. The number of amides is 1. The topological polar surface area (TPSA) is 72.7 Å². The molecule has 7 heteroatoms. The quantitative estimate of drug-likeness (QED) is 0.586. The van der Waals surface area contributed by atoms with Gasteiger partial charge in [0.1, 0.15) is 5.60 Å². The van der Waals surface area contributed by atoms with Crippen LogP contribution in [0, 0.1) is 10.1 Å². The molecule has 1 aliphatic rings. The molecule has 6 nitrogen and oxygen atoms in total. The van der Waals surface area contributed by atoms with E-state index in [1.54, 1.807) is 11.0 Å². The number of nitro benzene ring substituents is 1. The van der Waals surface area contributed by atoms with E-state index in [0.29, 0.717) is 16.6 Å². The van der Waals surface area contributed by atoms with Crippen molar-refractivity contribution in [3.05, 3.63) is 38.3 Å². The Labute approximate surface area is 137 Å². The van der Waals surface area contributed by atoms with Gasteiger partial charge in [0.05, 0.1) is 4.92 Å². The van der Waals surface area contributed by atoms with E-state index in [2.05, 4.69) is 15.9 Å². The van der Waals surface area contributed by atoms with Crippen molar-refractivity contribution in [3.8, 4) is 0 Å². The Morgan fingerprint density at radius 2 is 2.05 bits per heavy atom. The van der Waals surface area contributed by atoms with Gasteiger partial charge in [-0.1, -0.05) is 15.9 Å². The van der Waals surface area contributed by atoms with Crippen LogP contribution in [0.5, 0.6) is 0 Å². The van der Waals surface area contributed by atoms with Crippen molar-refractivity contribution in [2.24, 2.45) is 0 Å². The van der Waals surface area contributed by atoms with Gasteiger partial charge in [-0.05, 0) is 45.2 Å². The molecule has 1 aliphatic carbocycles. The standard InChI is InChI=1S/C15H19BrN2O4/c1-15(2,3)22-14(19)17(12-4-5-12)9-10-6-11(16)8-13(7-10)18(20)21/h6-8,12H,4-5,9H2,1-3H3. The molecule has 0 saturated heterocycles. The predicted octanol–water partition coefficient (Wildman–Crippen LogP) is 4.26. The second kappa shape index (κ2) is 6.24. The van der Waals surface area contributed by atoms with E-state index in [0.717, 1.165) is 12.8 Å². The fraction of sp³-hybridized carbons (Fsp3) is 0.533. The molecule has 1 fully saturated rings. The van der Waals surface area contributed by atoms with Gasteiger partial charge in [0, 0.05) is 29.2 Å². The molecule has 0 bridgehead atoms. The first kappa shape index (κ1) is 16.7. The number of halogens is 1. The van der Waals surface area contributed by atoms with E-state index >= 15 is 0 Å². The molecular weight excluding hydrogens is 352 g/mol. The highest BCUT2D eigenvalue weighted by Gasteiger charge is 2.35. The van der Waals surface area contributed by atoms with E-state index in [4.69, 9.17) is 4.74 Å². The van der Waals surface area contributed by atoms with Crippen molar-refractivity contribution in [3.63, 3.8) is 0 Å². The molecule has 0 aromatic heterocycles. The Morgan fingerprint density at radius 1 is 1.41 bits per heavy atom. The van der Waals surface area contributed by atoms with Crippen molar-refractivity contribution < 1.29 is 14.5 Å². The number of benzene rings is 1. The average Bonchev–Trinajstić information content (AvgIpc) is 3.17. The second-order valence-electron chi connectivity index (χ2n) is 6.41. The molecule has 0 spiro atoms. The largest absolute Gasteiger partial charge is 0.444 e. The van der Waals surface area contributed by atoms with Crippen LogP contribution in [0.15, 0.2) is 22.7 Å². The normalized spacial score (nSPS) is 14.5. The third kappa shape index (κ3) is 4.69. The zero-order valence-electron chi connectivity index (χ0n) is 12.8. The Hall–Kier alpha value is -1.63. The molecule has 22 heavy (non-hydrogen) atoms. The number of carbonyl (C=O) groups excluding carboxylic acids is 1. The van der Waals surface area contributed by atoms with Crippen LogP contribution in [0.2, 0.25) is 0 Å². The lowest BCUT2D eigenvalue weighted by molar-refractivity contribution is -0.385. The highest BCUT2D eigenvalue weighted by Crippen LogP contribution is 2.31. The molecule has 0 radical (unpaired) electrons. The summed E-state index contributed by atoms with van der Waals surface area (Å²) in [4.78, 5) is 24.5.